The maximum Gasteiger partial charge on any atom is 0.302 e. The first-order chi connectivity index (χ1) is 12.5. The van der Waals surface area contributed by atoms with Gasteiger partial charge >= 0.3 is 5.56 Å². The van der Waals surface area contributed by atoms with E-state index < -0.39 is 4.92 Å². The van der Waals surface area contributed by atoms with Gasteiger partial charge in [-0.3, -0.25) is 14.9 Å². The highest BCUT2D eigenvalue weighted by atomic mass is 32.1. The summed E-state index contributed by atoms with van der Waals surface area (Å²) in [6, 6.07) is 13.8. The minimum Gasteiger partial charge on any atom is -0.265 e. The molecule has 0 atom stereocenters. The third-order valence-corrected chi connectivity index (χ3v) is 4.84. The number of rotatable bonds is 3. The topological polar surface area (TPSA) is 103 Å². The highest BCUT2D eigenvalue weighted by Gasteiger charge is 2.17. The quantitative estimate of drug-likeness (QED) is 0.408. The van der Waals surface area contributed by atoms with Gasteiger partial charge in [-0.1, -0.05) is 53.8 Å². The van der Waals surface area contributed by atoms with E-state index in [1.807, 2.05) is 18.2 Å². The fourth-order valence-corrected chi connectivity index (χ4v) is 3.38. The van der Waals surface area contributed by atoms with Gasteiger partial charge in [0.25, 0.3) is 5.69 Å². The molecule has 9 heteroatoms. The van der Waals surface area contributed by atoms with Crippen LogP contribution in [0.15, 0.2) is 53.3 Å². The van der Waals surface area contributed by atoms with Gasteiger partial charge in [-0.05, 0) is 6.92 Å². The molecule has 128 valence electrons. The molecule has 2 aromatic heterocycles. The summed E-state index contributed by atoms with van der Waals surface area (Å²) in [5, 5.41) is 24.0. The fourth-order valence-electron chi connectivity index (χ4n) is 2.55. The van der Waals surface area contributed by atoms with Gasteiger partial charge in [-0.25, -0.2) is 0 Å². The van der Waals surface area contributed by atoms with Crippen molar-refractivity contribution in [1.82, 2.24) is 19.8 Å². The van der Waals surface area contributed by atoms with Crippen LogP contribution in [0.4, 0.5) is 5.69 Å². The molecule has 0 N–H and O–H groups in total. The van der Waals surface area contributed by atoms with Crippen molar-refractivity contribution in [3.63, 3.8) is 0 Å². The Morgan fingerprint density at radius 2 is 1.85 bits per heavy atom. The van der Waals surface area contributed by atoms with Gasteiger partial charge in [-0.2, -0.15) is 9.61 Å². The number of hydrogen-bond donors (Lipinski definition) is 0. The van der Waals surface area contributed by atoms with Crippen LogP contribution in [0.25, 0.3) is 26.8 Å². The highest BCUT2D eigenvalue weighted by Crippen LogP contribution is 2.29. The van der Waals surface area contributed by atoms with Crippen molar-refractivity contribution in [3.05, 3.63) is 74.6 Å². The Morgan fingerprint density at radius 1 is 1.08 bits per heavy atom. The van der Waals surface area contributed by atoms with E-state index >= 15 is 0 Å². The predicted octanol–water partition coefficient (Wildman–Crippen LogP) is 3.10. The predicted molar refractivity (Wildman–Crippen MR) is 97.2 cm³/mol. The summed E-state index contributed by atoms with van der Waals surface area (Å²) in [5.74, 6) is 0. The molecule has 0 saturated heterocycles. The maximum absolute atomic E-state index is 12.7. The molecular weight excluding hydrogens is 354 g/mol. The Morgan fingerprint density at radius 3 is 2.58 bits per heavy atom. The lowest BCUT2D eigenvalue weighted by molar-refractivity contribution is -0.385. The molecule has 0 spiro atoms. The summed E-state index contributed by atoms with van der Waals surface area (Å²) in [4.78, 5) is 23.7. The van der Waals surface area contributed by atoms with Gasteiger partial charge < -0.3 is 0 Å². The number of hydrogen-bond acceptors (Lipinski definition) is 7. The van der Waals surface area contributed by atoms with Crippen molar-refractivity contribution in [3.8, 4) is 21.8 Å². The van der Waals surface area contributed by atoms with Crippen LogP contribution in [0, 0.1) is 17.0 Å². The molecule has 0 aliphatic heterocycles. The first kappa shape index (κ1) is 16.0. The molecule has 4 aromatic rings. The lowest BCUT2D eigenvalue weighted by Gasteiger charge is -1.99. The van der Waals surface area contributed by atoms with Crippen molar-refractivity contribution in [2.45, 2.75) is 6.92 Å². The Hall–Kier alpha value is -3.46. The minimum atomic E-state index is -0.439. The first-order valence-corrected chi connectivity index (χ1v) is 8.43. The Balaban J connectivity index is 1.87. The standard InChI is InChI=1S/C17H11N5O3S/c1-10-7-8-12(9-13(10)22(24)25)15-20-21-16(23)14(18-19-17(21)26-15)11-5-3-2-4-6-11/h2-9H,1H3. The second-order valence-corrected chi connectivity index (χ2v) is 6.54. The summed E-state index contributed by atoms with van der Waals surface area (Å²) in [7, 11) is 0. The lowest BCUT2D eigenvalue weighted by Crippen LogP contribution is -2.19. The Kier molecular flexibility index (Phi) is 3.77. The van der Waals surface area contributed by atoms with Crippen molar-refractivity contribution in [2.24, 2.45) is 0 Å². The molecule has 0 saturated carbocycles. The van der Waals surface area contributed by atoms with Gasteiger partial charge in [0, 0.05) is 22.8 Å². The van der Waals surface area contributed by atoms with Crippen LogP contribution in [-0.2, 0) is 0 Å². The van der Waals surface area contributed by atoms with Gasteiger partial charge in [0.15, 0.2) is 5.69 Å². The number of fused-ring (bicyclic) bond motifs is 1. The molecule has 0 amide bonds. The number of benzene rings is 2. The largest absolute Gasteiger partial charge is 0.302 e. The zero-order valence-electron chi connectivity index (χ0n) is 13.5. The summed E-state index contributed by atoms with van der Waals surface area (Å²) in [6.07, 6.45) is 0. The number of aryl methyl sites for hydroxylation is 1. The summed E-state index contributed by atoms with van der Waals surface area (Å²) < 4.78 is 1.18. The van der Waals surface area contributed by atoms with E-state index in [0.717, 1.165) is 11.3 Å². The average molecular weight is 365 g/mol. The van der Waals surface area contributed by atoms with Crippen LogP contribution < -0.4 is 5.56 Å². The second-order valence-electron chi connectivity index (χ2n) is 5.58. The molecule has 0 fully saturated rings. The number of nitro groups is 1. The normalized spacial score (nSPS) is 11.0. The number of nitrogens with zero attached hydrogens (tertiary/aromatic N) is 5. The molecule has 0 aliphatic carbocycles. The van der Waals surface area contributed by atoms with Gasteiger partial charge in [0.05, 0.1) is 4.92 Å². The molecule has 26 heavy (non-hydrogen) atoms. The summed E-state index contributed by atoms with van der Waals surface area (Å²) >= 11 is 1.15. The minimum absolute atomic E-state index is 0.00478. The van der Waals surface area contributed by atoms with E-state index in [1.54, 1.807) is 31.2 Å². The van der Waals surface area contributed by atoms with Crippen molar-refractivity contribution >= 4 is 22.0 Å². The third-order valence-electron chi connectivity index (χ3n) is 3.89. The monoisotopic (exact) mass is 365 g/mol. The van der Waals surface area contributed by atoms with Crippen LogP contribution in [-0.4, -0.2) is 24.7 Å². The number of aromatic nitrogens is 4. The summed E-state index contributed by atoms with van der Waals surface area (Å²) in [6.45, 7) is 1.67. The smallest absolute Gasteiger partial charge is 0.265 e. The second kappa shape index (κ2) is 6.12. The van der Waals surface area contributed by atoms with E-state index in [0.29, 0.717) is 26.7 Å². The highest BCUT2D eigenvalue weighted by molar-refractivity contribution is 7.19. The zero-order valence-corrected chi connectivity index (χ0v) is 14.3. The average Bonchev–Trinajstić information content (AvgIpc) is 3.08. The molecule has 2 heterocycles. The van der Waals surface area contributed by atoms with E-state index in [4.69, 9.17) is 0 Å². The SMILES string of the molecule is Cc1ccc(-c2nn3c(=O)c(-c4ccccc4)nnc3s2)cc1[N+](=O)[O-]. The molecule has 0 radical (unpaired) electrons. The maximum atomic E-state index is 12.7. The van der Waals surface area contributed by atoms with Crippen molar-refractivity contribution in [1.29, 1.82) is 0 Å². The van der Waals surface area contributed by atoms with Crippen LogP contribution in [0.5, 0.6) is 0 Å². The molecule has 0 aliphatic rings. The summed E-state index contributed by atoms with van der Waals surface area (Å²) in [5.41, 5.74) is 1.59. The van der Waals surface area contributed by atoms with Crippen LogP contribution in [0.3, 0.4) is 0 Å². The first-order valence-electron chi connectivity index (χ1n) is 7.62. The van der Waals surface area contributed by atoms with Crippen LogP contribution in [0.2, 0.25) is 0 Å². The fraction of sp³-hybridized carbons (Fsp3) is 0.0588. The van der Waals surface area contributed by atoms with Gasteiger partial charge in [0.2, 0.25) is 4.96 Å². The molecule has 2 aromatic carbocycles. The van der Waals surface area contributed by atoms with Gasteiger partial charge in [-0.15, -0.1) is 10.2 Å². The molecule has 4 rings (SSSR count). The lowest BCUT2D eigenvalue weighted by atomic mass is 10.1. The molecule has 0 bridgehead atoms. The third kappa shape index (κ3) is 2.64. The van der Waals surface area contributed by atoms with E-state index in [1.165, 1.54) is 10.6 Å². The van der Waals surface area contributed by atoms with E-state index in [9.17, 15) is 14.9 Å². The molecule has 0 unspecified atom stereocenters. The zero-order chi connectivity index (χ0) is 18.3. The van der Waals surface area contributed by atoms with Crippen molar-refractivity contribution in [2.75, 3.05) is 0 Å². The molecular formula is C17H11N5O3S. The van der Waals surface area contributed by atoms with Crippen molar-refractivity contribution < 1.29 is 4.92 Å². The molecule has 8 nitrogen and oxygen atoms in total. The van der Waals surface area contributed by atoms with Gasteiger partial charge in [0.1, 0.15) is 5.01 Å². The van der Waals surface area contributed by atoms with Crippen LogP contribution >= 0.6 is 11.3 Å². The number of nitro benzene ring substituents is 1. The van der Waals surface area contributed by atoms with E-state index in [-0.39, 0.29) is 16.9 Å². The van der Waals surface area contributed by atoms with Crippen LogP contribution in [0.1, 0.15) is 5.56 Å². The van der Waals surface area contributed by atoms with E-state index in [2.05, 4.69) is 15.3 Å². The Bertz CT molecular complexity index is 1200. The Labute approximate surface area is 150 Å².